The first-order valence-corrected chi connectivity index (χ1v) is 6.79. The van der Waals surface area contributed by atoms with E-state index in [1.807, 2.05) is 0 Å². The van der Waals surface area contributed by atoms with Crippen molar-refractivity contribution < 1.29 is 5.11 Å². The normalized spacial score (nSPS) is 27.8. The summed E-state index contributed by atoms with van der Waals surface area (Å²) in [6, 6.07) is 9.05. The van der Waals surface area contributed by atoms with E-state index in [9.17, 15) is 5.11 Å². The Morgan fingerprint density at radius 1 is 1.12 bits per heavy atom. The molecular formula is C15H21NO. The summed E-state index contributed by atoms with van der Waals surface area (Å²) >= 11 is 0. The van der Waals surface area contributed by atoms with E-state index in [0.717, 1.165) is 31.8 Å². The van der Waals surface area contributed by atoms with E-state index in [-0.39, 0.29) is 6.10 Å². The second-order valence-corrected chi connectivity index (χ2v) is 5.64. The fraction of sp³-hybridized carbons (Fsp3) is 0.600. The summed E-state index contributed by atoms with van der Waals surface area (Å²) in [5.41, 5.74) is 2.88. The lowest BCUT2D eigenvalue weighted by molar-refractivity contribution is 0.0430. The Morgan fingerprint density at radius 2 is 1.82 bits per heavy atom. The highest BCUT2D eigenvalue weighted by Gasteiger charge is 2.26. The molecule has 2 N–H and O–H groups in total. The van der Waals surface area contributed by atoms with Crippen molar-refractivity contribution >= 4 is 0 Å². The van der Waals surface area contributed by atoms with Gasteiger partial charge in [0.25, 0.3) is 0 Å². The van der Waals surface area contributed by atoms with Gasteiger partial charge in [-0.15, -0.1) is 0 Å². The van der Waals surface area contributed by atoms with Crippen LogP contribution in [0.5, 0.6) is 0 Å². The summed E-state index contributed by atoms with van der Waals surface area (Å²) in [6.45, 7) is 2.00. The van der Waals surface area contributed by atoms with Crippen LogP contribution in [-0.2, 0) is 6.54 Å². The molecule has 2 aliphatic rings. The first-order chi connectivity index (χ1) is 8.31. The van der Waals surface area contributed by atoms with Gasteiger partial charge in [0.2, 0.25) is 0 Å². The molecule has 0 bridgehead atoms. The molecule has 0 spiro atoms. The SMILES string of the molecule is OC1CC(CNCc2ccc(C3CC3)cc2)C1. The van der Waals surface area contributed by atoms with Crippen LogP contribution in [0.4, 0.5) is 0 Å². The summed E-state index contributed by atoms with van der Waals surface area (Å²) in [4.78, 5) is 0. The molecule has 2 fully saturated rings. The number of benzene rings is 1. The molecule has 3 rings (SSSR count). The van der Waals surface area contributed by atoms with Crippen LogP contribution in [0.25, 0.3) is 0 Å². The van der Waals surface area contributed by atoms with Crippen molar-refractivity contribution in [2.24, 2.45) is 5.92 Å². The van der Waals surface area contributed by atoms with Crippen LogP contribution in [0, 0.1) is 5.92 Å². The van der Waals surface area contributed by atoms with Gasteiger partial charge in [-0.25, -0.2) is 0 Å². The summed E-state index contributed by atoms with van der Waals surface area (Å²) < 4.78 is 0. The molecule has 0 aromatic heterocycles. The third-order valence-corrected chi connectivity index (χ3v) is 4.00. The fourth-order valence-corrected chi connectivity index (χ4v) is 2.61. The van der Waals surface area contributed by atoms with Gasteiger partial charge >= 0.3 is 0 Å². The van der Waals surface area contributed by atoms with Gasteiger partial charge in [-0.2, -0.15) is 0 Å². The second kappa shape index (κ2) is 4.79. The first kappa shape index (κ1) is 11.2. The van der Waals surface area contributed by atoms with Crippen LogP contribution < -0.4 is 5.32 Å². The van der Waals surface area contributed by atoms with E-state index >= 15 is 0 Å². The predicted octanol–water partition coefficient (Wildman–Crippen LogP) is 2.42. The molecule has 2 heteroatoms. The highest BCUT2D eigenvalue weighted by molar-refractivity contribution is 5.27. The molecule has 0 radical (unpaired) electrons. The molecule has 0 aliphatic heterocycles. The first-order valence-electron chi connectivity index (χ1n) is 6.79. The minimum Gasteiger partial charge on any atom is -0.393 e. The van der Waals surface area contributed by atoms with Crippen molar-refractivity contribution in [3.8, 4) is 0 Å². The Morgan fingerprint density at radius 3 is 2.41 bits per heavy atom. The molecule has 92 valence electrons. The van der Waals surface area contributed by atoms with E-state index in [1.165, 1.54) is 24.0 Å². The third-order valence-electron chi connectivity index (χ3n) is 4.00. The Kier molecular flexibility index (Phi) is 3.17. The van der Waals surface area contributed by atoms with Gasteiger partial charge < -0.3 is 10.4 Å². The maximum Gasteiger partial charge on any atom is 0.0546 e. The van der Waals surface area contributed by atoms with Crippen LogP contribution in [0.15, 0.2) is 24.3 Å². The summed E-state index contributed by atoms with van der Waals surface area (Å²) in [6.07, 6.45) is 4.68. The highest BCUT2D eigenvalue weighted by Crippen LogP contribution is 2.39. The highest BCUT2D eigenvalue weighted by atomic mass is 16.3. The quantitative estimate of drug-likeness (QED) is 0.815. The van der Waals surface area contributed by atoms with Gasteiger partial charge in [0, 0.05) is 6.54 Å². The molecule has 1 aromatic rings. The van der Waals surface area contributed by atoms with E-state index in [1.54, 1.807) is 0 Å². The van der Waals surface area contributed by atoms with Gasteiger partial charge in [-0.05, 0) is 55.2 Å². The van der Waals surface area contributed by atoms with Crippen LogP contribution in [-0.4, -0.2) is 17.8 Å². The molecule has 2 nitrogen and oxygen atoms in total. The third kappa shape index (κ3) is 2.88. The molecule has 0 unspecified atom stereocenters. The second-order valence-electron chi connectivity index (χ2n) is 5.64. The number of hydrogen-bond donors (Lipinski definition) is 2. The van der Waals surface area contributed by atoms with Gasteiger partial charge in [0.05, 0.1) is 6.10 Å². The maximum atomic E-state index is 9.20. The fourth-order valence-electron chi connectivity index (χ4n) is 2.61. The molecular weight excluding hydrogens is 210 g/mol. The molecule has 0 heterocycles. The maximum absolute atomic E-state index is 9.20. The minimum atomic E-state index is -0.0281. The molecule has 2 saturated carbocycles. The van der Waals surface area contributed by atoms with Gasteiger partial charge in [-0.1, -0.05) is 24.3 Å². The number of hydrogen-bond acceptors (Lipinski definition) is 2. The van der Waals surface area contributed by atoms with Gasteiger partial charge in [0.1, 0.15) is 0 Å². The summed E-state index contributed by atoms with van der Waals surface area (Å²) in [5, 5.41) is 12.7. The van der Waals surface area contributed by atoms with E-state index in [2.05, 4.69) is 29.6 Å². The predicted molar refractivity (Wildman–Crippen MR) is 68.9 cm³/mol. The standard InChI is InChI=1S/C15H21NO/c17-15-7-12(8-15)10-16-9-11-1-3-13(4-2-11)14-5-6-14/h1-4,12,14-17H,5-10H2. The van der Waals surface area contributed by atoms with Crippen LogP contribution >= 0.6 is 0 Å². The molecule has 17 heavy (non-hydrogen) atoms. The lowest BCUT2D eigenvalue weighted by Crippen LogP contribution is -2.35. The zero-order chi connectivity index (χ0) is 11.7. The molecule has 0 saturated heterocycles. The number of aliphatic hydroxyl groups is 1. The summed E-state index contributed by atoms with van der Waals surface area (Å²) in [7, 11) is 0. The summed E-state index contributed by atoms with van der Waals surface area (Å²) in [5.74, 6) is 1.55. The van der Waals surface area contributed by atoms with Crippen molar-refractivity contribution in [3.05, 3.63) is 35.4 Å². The average molecular weight is 231 g/mol. The van der Waals surface area contributed by atoms with Crippen molar-refractivity contribution in [2.75, 3.05) is 6.54 Å². The van der Waals surface area contributed by atoms with Crippen molar-refractivity contribution in [1.29, 1.82) is 0 Å². The van der Waals surface area contributed by atoms with Crippen LogP contribution in [0.1, 0.15) is 42.7 Å². The van der Waals surface area contributed by atoms with E-state index in [4.69, 9.17) is 0 Å². The molecule has 2 aliphatic carbocycles. The number of aliphatic hydroxyl groups excluding tert-OH is 1. The largest absolute Gasteiger partial charge is 0.393 e. The van der Waals surface area contributed by atoms with Gasteiger partial charge in [-0.3, -0.25) is 0 Å². The van der Waals surface area contributed by atoms with Crippen LogP contribution in [0.3, 0.4) is 0 Å². The van der Waals surface area contributed by atoms with Gasteiger partial charge in [0.15, 0.2) is 0 Å². The Labute approximate surface area is 103 Å². The van der Waals surface area contributed by atoms with E-state index < -0.39 is 0 Å². The monoisotopic (exact) mass is 231 g/mol. The average Bonchev–Trinajstić information content (AvgIpc) is 3.11. The number of nitrogens with one attached hydrogen (secondary N) is 1. The van der Waals surface area contributed by atoms with Crippen molar-refractivity contribution in [2.45, 2.75) is 44.2 Å². The smallest absolute Gasteiger partial charge is 0.0546 e. The van der Waals surface area contributed by atoms with Crippen molar-refractivity contribution in [3.63, 3.8) is 0 Å². The Balaban J connectivity index is 1.41. The molecule has 1 aromatic carbocycles. The minimum absolute atomic E-state index is 0.0281. The van der Waals surface area contributed by atoms with Crippen LogP contribution in [0.2, 0.25) is 0 Å². The zero-order valence-electron chi connectivity index (χ0n) is 10.2. The number of rotatable bonds is 5. The lowest BCUT2D eigenvalue weighted by Gasteiger charge is -2.31. The zero-order valence-corrected chi connectivity index (χ0v) is 10.2. The van der Waals surface area contributed by atoms with E-state index in [0.29, 0.717) is 5.92 Å². The molecule has 0 atom stereocenters. The lowest BCUT2D eigenvalue weighted by atomic mass is 9.82. The Hall–Kier alpha value is -0.860. The topological polar surface area (TPSA) is 32.3 Å². The molecule has 0 amide bonds. The Bertz CT molecular complexity index is 363. The van der Waals surface area contributed by atoms with Crippen molar-refractivity contribution in [1.82, 2.24) is 5.32 Å².